The number of carbonyl (C=O) groups excluding carboxylic acids is 3. The summed E-state index contributed by atoms with van der Waals surface area (Å²) in [5.74, 6) is -0.0655. The number of urea groups is 1. The van der Waals surface area contributed by atoms with Crippen molar-refractivity contribution in [3.8, 4) is 11.5 Å². The van der Waals surface area contributed by atoms with E-state index < -0.39 is 18.0 Å². The number of benzene rings is 2. The van der Waals surface area contributed by atoms with Gasteiger partial charge in [0.05, 0.1) is 18.3 Å². The number of hydrogen-bond acceptors (Lipinski definition) is 5. The van der Waals surface area contributed by atoms with Crippen molar-refractivity contribution in [1.82, 2.24) is 10.6 Å². The summed E-state index contributed by atoms with van der Waals surface area (Å²) in [6.45, 7) is 3.34. The van der Waals surface area contributed by atoms with E-state index in [1.54, 1.807) is 18.2 Å². The van der Waals surface area contributed by atoms with Crippen LogP contribution in [0.2, 0.25) is 0 Å². The lowest BCUT2D eigenvalue weighted by molar-refractivity contribution is -0.120. The van der Waals surface area contributed by atoms with Gasteiger partial charge in [-0.3, -0.25) is 9.59 Å². The molecule has 1 aliphatic heterocycles. The Kier molecular flexibility index (Phi) is 6.36. The normalized spacial score (nSPS) is 15.8. The number of amides is 3. The van der Waals surface area contributed by atoms with Gasteiger partial charge in [-0.2, -0.15) is 0 Å². The van der Waals surface area contributed by atoms with Crippen molar-refractivity contribution in [2.75, 3.05) is 13.2 Å². The minimum atomic E-state index is -0.684. The zero-order valence-electron chi connectivity index (χ0n) is 16.7. The molecule has 2 aromatic carbocycles. The Hall–Kier alpha value is -3.81. The minimum Gasteiger partial charge on any atom is -0.490 e. The third kappa shape index (κ3) is 4.60. The van der Waals surface area contributed by atoms with Gasteiger partial charge in [-0.15, -0.1) is 0 Å². The highest BCUT2D eigenvalue weighted by Gasteiger charge is 2.32. The summed E-state index contributed by atoms with van der Waals surface area (Å²) in [6.07, 6.45) is 0. The molecule has 156 valence electrons. The summed E-state index contributed by atoms with van der Waals surface area (Å²) in [4.78, 5) is 36.0. The highest BCUT2D eigenvalue weighted by molar-refractivity contribution is 6.07. The van der Waals surface area contributed by atoms with Crippen LogP contribution < -0.4 is 25.8 Å². The van der Waals surface area contributed by atoms with Crippen molar-refractivity contribution in [3.63, 3.8) is 0 Å². The second kappa shape index (κ2) is 9.13. The molecule has 0 bridgehead atoms. The second-order valence-electron chi connectivity index (χ2n) is 6.64. The van der Waals surface area contributed by atoms with E-state index in [9.17, 15) is 14.4 Å². The van der Waals surface area contributed by atoms with Gasteiger partial charge in [0.25, 0.3) is 5.91 Å². The lowest BCUT2D eigenvalue weighted by Crippen LogP contribution is -2.44. The standard InChI is InChI=1S/C22H23N3O5/c1-3-29-17-11-15(9-10-16(17)30-12-18(23)27)21-19(13(2)26)20(24-22(28)25-21)14-7-5-4-6-8-14/h4-11,21H,3,12H2,1-2H3,(H2,23,27)(H2,24,25,28)/t21-/m1/s1. The quantitative estimate of drug-likeness (QED) is 0.618. The van der Waals surface area contributed by atoms with Crippen LogP contribution in [0.5, 0.6) is 11.5 Å². The highest BCUT2D eigenvalue weighted by atomic mass is 16.5. The monoisotopic (exact) mass is 409 g/mol. The number of hydrogen-bond donors (Lipinski definition) is 3. The number of rotatable bonds is 8. The molecule has 0 unspecified atom stereocenters. The van der Waals surface area contributed by atoms with Crippen molar-refractivity contribution in [2.45, 2.75) is 19.9 Å². The average Bonchev–Trinajstić information content (AvgIpc) is 2.72. The van der Waals surface area contributed by atoms with Gasteiger partial charge in [0.1, 0.15) is 0 Å². The Balaban J connectivity index is 2.08. The molecule has 0 saturated heterocycles. The first-order valence-corrected chi connectivity index (χ1v) is 9.46. The van der Waals surface area contributed by atoms with Gasteiger partial charge < -0.3 is 25.8 Å². The maximum absolute atomic E-state index is 12.6. The molecule has 0 saturated carbocycles. The van der Waals surface area contributed by atoms with E-state index in [2.05, 4.69) is 10.6 Å². The number of carbonyl (C=O) groups is 3. The molecule has 0 fully saturated rings. The van der Waals surface area contributed by atoms with Crippen LogP contribution in [-0.2, 0) is 9.59 Å². The maximum Gasteiger partial charge on any atom is 0.320 e. The van der Waals surface area contributed by atoms with E-state index in [0.717, 1.165) is 5.56 Å². The van der Waals surface area contributed by atoms with E-state index >= 15 is 0 Å². The maximum atomic E-state index is 12.6. The Labute approximate surface area is 174 Å². The number of ketones is 1. The largest absolute Gasteiger partial charge is 0.490 e. The van der Waals surface area contributed by atoms with E-state index in [4.69, 9.17) is 15.2 Å². The van der Waals surface area contributed by atoms with Crippen LogP contribution >= 0.6 is 0 Å². The van der Waals surface area contributed by atoms with Crippen LogP contribution in [0.4, 0.5) is 4.79 Å². The molecule has 0 aliphatic carbocycles. The van der Waals surface area contributed by atoms with Gasteiger partial charge in [-0.25, -0.2) is 4.79 Å². The lowest BCUT2D eigenvalue weighted by Gasteiger charge is -2.30. The first-order chi connectivity index (χ1) is 14.4. The fraction of sp³-hybridized carbons (Fsp3) is 0.227. The molecule has 0 spiro atoms. The molecule has 30 heavy (non-hydrogen) atoms. The molecule has 1 aliphatic rings. The van der Waals surface area contributed by atoms with Crippen molar-refractivity contribution in [2.24, 2.45) is 5.73 Å². The summed E-state index contributed by atoms with van der Waals surface area (Å²) in [5.41, 5.74) is 7.40. The predicted octanol–water partition coefficient (Wildman–Crippen LogP) is 2.30. The molecule has 1 atom stereocenters. The number of Topliss-reactive ketones (excluding diaryl/α,β-unsaturated/α-hetero) is 1. The first-order valence-electron chi connectivity index (χ1n) is 9.46. The van der Waals surface area contributed by atoms with Crippen molar-refractivity contribution >= 4 is 23.4 Å². The van der Waals surface area contributed by atoms with Gasteiger partial charge in [-0.1, -0.05) is 36.4 Å². The van der Waals surface area contributed by atoms with Crippen LogP contribution in [-0.4, -0.2) is 30.9 Å². The molecule has 8 heteroatoms. The van der Waals surface area contributed by atoms with Crippen molar-refractivity contribution in [3.05, 3.63) is 65.2 Å². The van der Waals surface area contributed by atoms with Gasteiger partial charge in [0.2, 0.25) is 0 Å². The molecule has 3 amide bonds. The predicted molar refractivity (Wildman–Crippen MR) is 111 cm³/mol. The molecule has 0 aromatic heterocycles. The fourth-order valence-corrected chi connectivity index (χ4v) is 3.27. The third-order valence-corrected chi connectivity index (χ3v) is 4.48. The van der Waals surface area contributed by atoms with Crippen LogP contribution in [0, 0.1) is 0 Å². The Morgan fingerprint density at radius 3 is 2.43 bits per heavy atom. The smallest absolute Gasteiger partial charge is 0.320 e. The Morgan fingerprint density at radius 2 is 1.80 bits per heavy atom. The van der Waals surface area contributed by atoms with Crippen molar-refractivity contribution in [1.29, 1.82) is 0 Å². The zero-order valence-corrected chi connectivity index (χ0v) is 16.7. The van der Waals surface area contributed by atoms with Gasteiger partial charge in [-0.05, 0) is 37.1 Å². The summed E-state index contributed by atoms with van der Waals surface area (Å²) in [5, 5.41) is 5.55. The van der Waals surface area contributed by atoms with E-state index in [1.807, 2.05) is 37.3 Å². The molecule has 3 rings (SSSR count). The summed E-state index contributed by atoms with van der Waals surface area (Å²) < 4.78 is 11.0. The molecule has 1 heterocycles. The van der Waals surface area contributed by atoms with Crippen LogP contribution in [0.1, 0.15) is 31.0 Å². The summed E-state index contributed by atoms with van der Waals surface area (Å²) >= 11 is 0. The number of ether oxygens (including phenoxy) is 2. The molecule has 0 radical (unpaired) electrons. The minimum absolute atomic E-state index is 0.182. The molecular formula is C22H23N3O5. The fourth-order valence-electron chi connectivity index (χ4n) is 3.27. The van der Waals surface area contributed by atoms with E-state index in [-0.39, 0.29) is 12.4 Å². The SMILES string of the molecule is CCOc1cc([C@H]2NC(=O)NC(c3ccccc3)=C2C(C)=O)ccc1OCC(N)=O. The average molecular weight is 409 g/mol. The van der Waals surface area contributed by atoms with Gasteiger partial charge in [0.15, 0.2) is 23.9 Å². The van der Waals surface area contributed by atoms with Gasteiger partial charge in [0, 0.05) is 5.57 Å². The summed E-state index contributed by atoms with van der Waals surface area (Å²) in [6, 6.07) is 13.1. The number of nitrogens with one attached hydrogen (secondary N) is 2. The van der Waals surface area contributed by atoms with Crippen LogP contribution in [0.25, 0.3) is 5.70 Å². The Bertz CT molecular complexity index is 1000. The van der Waals surface area contributed by atoms with E-state index in [1.165, 1.54) is 6.92 Å². The topological polar surface area (TPSA) is 120 Å². The number of nitrogens with two attached hydrogens (primary N) is 1. The second-order valence-corrected chi connectivity index (χ2v) is 6.64. The first kappa shape index (κ1) is 20.9. The molecule has 2 aromatic rings. The number of primary amides is 1. The summed E-state index contributed by atoms with van der Waals surface area (Å²) in [7, 11) is 0. The van der Waals surface area contributed by atoms with Crippen LogP contribution in [0.3, 0.4) is 0 Å². The van der Waals surface area contributed by atoms with Gasteiger partial charge >= 0.3 is 6.03 Å². The highest BCUT2D eigenvalue weighted by Crippen LogP contribution is 2.36. The lowest BCUT2D eigenvalue weighted by atomic mass is 9.90. The third-order valence-electron chi connectivity index (χ3n) is 4.48. The molecule has 8 nitrogen and oxygen atoms in total. The van der Waals surface area contributed by atoms with Crippen LogP contribution in [0.15, 0.2) is 54.1 Å². The van der Waals surface area contributed by atoms with E-state index in [0.29, 0.717) is 34.9 Å². The zero-order chi connectivity index (χ0) is 21.7. The Morgan fingerprint density at radius 1 is 1.07 bits per heavy atom. The molecular weight excluding hydrogens is 386 g/mol. The molecule has 4 N–H and O–H groups in total. The van der Waals surface area contributed by atoms with Crippen molar-refractivity contribution < 1.29 is 23.9 Å².